The lowest BCUT2D eigenvalue weighted by Crippen LogP contribution is -2.45. The Labute approximate surface area is 111 Å². The average molecular weight is 247 g/mol. The van der Waals surface area contributed by atoms with E-state index in [1.807, 2.05) is 0 Å². The number of rotatable bonds is 4. The first kappa shape index (κ1) is 13.4. The second-order valence-corrected chi connectivity index (χ2v) is 5.37. The van der Waals surface area contributed by atoms with E-state index in [9.17, 15) is 0 Å². The number of benzene rings is 1. The molecule has 1 saturated carbocycles. The van der Waals surface area contributed by atoms with Crippen molar-refractivity contribution < 1.29 is 4.74 Å². The van der Waals surface area contributed by atoms with Crippen molar-refractivity contribution in [2.45, 2.75) is 58.6 Å². The smallest absolute Gasteiger partial charge is 0.122 e. The summed E-state index contributed by atoms with van der Waals surface area (Å²) in [5, 5.41) is 3.56. The quantitative estimate of drug-likeness (QED) is 0.877. The molecule has 2 nitrogen and oxygen atoms in total. The molecule has 1 aromatic rings. The van der Waals surface area contributed by atoms with Crippen LogP contribution in [-0.2, 0) is 0 Å². The van der Waals surface area contributed by atoms with Gasteiger partial charge in [0.25, 0.3) is 0 Å². The summed E-state index contributed by atoms with van der Waals surface area (Å²) >= 11 is 0. The standard InChI is InChI=1S/C16H25NO/c1-4-17-14-7-5-6-8-15(14)18-16-11-12(2)9-10-13(16)3/h9-11,14-15,17H,4-8H2,1-3H3. The molecule has 0 amide bonds. The summed E-state index contributed by atoms with van der Waals surface area (Å²) in [4.78, 5) is 0. The van der Waals surface area contributed by atoms with Gasteiger partial charge in [0.1, 0.15) is 11.9 Å². The second kappa shape index (κ2) is 6.24. The van der Waals surface area contributed by atoms with Gasteiger partial charge in [-0.1, -0.05) is 25.5 Å². The summed E-state index contributed by atoms with van der Waals surface area (Å²) in [6.45, 7) is 7.44. The van der Waals surface area contributed by atoms with Crippen LogP contribution >= 0.6 is 0 Å². The highest BCUT2D eigenvalue weighted by atomic mass is 16.5. The van der Waals surface area contributed by atoms with E-state index in [0.29, 0.717) is 12.1 Å². The van der Waals surface area contributed by atoms with Crippen molar-refractivity contribution >= 4 is 0 Å². The normalized spacial score (nSPS) is 23.9. The van der Waals surface area contributed by atoms with Gasteiger partial charge in [-0.15, -0.1) is 0 Å². The summed E-state index contributed by atoms with van der Waals surface area (Å²) in [5.41, 5.74) is 2.51. The van der Waals surface area contributed by atoms with Crippen molar-refractivity contribution in [2.75, 3.05) is 6.54 Å². The maximum absolute atomic E-state index is 6.27. The van der Waals surface area contributed by atoms with Gasteiger partial charge in [-0.25, -0.2) is 0 Å². The second-order valence-electron chi connectivity index (χ2n) is 5.37. The zero-order valence-corrected chi connectivity index (χ0v) is 11.8. The van der Waals surface area contributed by atoms with Gasteiger partial charge < -0.3 is 10.1 Å². The Morgan fingerprint density at radius 1 is 1.22 bits per heavy atom. The summed E-state index contributed by atoms with van der Waals surface area (Å²) in [6.07, 6.45) is 5.36. The minimum absolute atomic E-state index is 0.333. The molecule has 2 unspecified atom stereocenters. The van der Waals surface area contributed by atoms with E-state index in [2.05, 4.69) is 44.3 Å². The van der Waals surface area contributed by atoms with Gasteiger partial charge in [0.2, 0.25) is 0 Å². The highest BCUT2D eigenvalue weighted by molar-refractivity contribution is 5.36. The Balaban J connectivity index is 2.08. The molecule has 0 aliphatic heterocycles. The Morgan fingerprint density at radius 2 is 2.00 bits per heavy atom. The van der Waals surface area contributed by atoms with Crippen LogP contribution in [0.2, 0.25) is 0 Å². The maximum atomic E-state index is 6.27. The number of aryl methyl sites for hydroxylation is 2. The van der Waals surface area contributed by atoms with Crippen molar-refractivity contribution in [3.63, 3.8) is 0 Å². The van der Waals surface area contributed by atoms with Gasteiger partial charge in [-0.3, -0.25) is 0 Å². The molecular weight excluding hydrogens is 222 g/mol. The number of ether oxygens (including phenoxy) is 1. The molecule has 0 aromatic heterocycles. The lowest BCUT2D eigenvalue weighted by molar-refractivity contribution is 0.114. The zero-order chi connectivity index (χ0) is 13.0. The maximum Gasteiger partial charge on any atom is 0.122 e. The van der Waals surface area contributed by atoms with Gasteiger partial charge in [0, 0.05) is 6.04 Å². The van der Waals surface area contributed by atoms with E-state index < -0.39 is 0 Å². The average Bonchev–Trinajstić information content (AvgIpc) is 2.36. The number of nitrogens with one attached hydrogen (secondary N) is 1. The van der Waals surface area contributed by atoms with Gasteiger partial charge in [-0.05, 0) is 56.8 Å². The van der Waals surface area contributed by atoms with Crippen molar-refractivity contribution in [1.82, 2.24) is 5.32 Å². The predicted molar refractivity (Wildman–Crippen MR) is 76.3 cm³/mol. The molecule has 2 rings (SSSR count). The predicted octanol–water partition coefficient (Wildman–Crippen LogP) is 3.60. The van der Waals surface area contributed by atoms with Crippen LogP contribution < -0.4 is 10.1 Å². The van der Waals surface area contributed by atoms with Gasteiger partial charge in [-0.2, -0.15) is 0 Å². The van der Waals surface area contributed by atoms with Crippen LogP contribution in [0.3, 0.4) is 0 Å². The van der Waals surface area contributed by atoms with Crippen LogP contribution in [0.25, 0.3) is 0 Å². The SMILES string of the molecule is CCNC1CCCCC1Oc1cc(C)ccc1C. The van der Waals surface area contributed by atoms with Crippen LogP contribution in [0.15, 0.2) is 18.2 Å². The summed E-state index contributed by atoms with van der Waals surface area (Å²) < 4.78 is 6.27. The van der Waals surface area contributed by atoms with E-state index >= 15 is 0 Å². The van der Waals surface area contributed by atoms with Crippen LogP contribution in [0.1, 0.15) is 43.7 Å². The fourth-order valence-electron chi connectivity index (χ4n) is 2.73. The minimum Gasteiger partial charge on any atom is -0.489 e. The first-order valence-electron chi connectivity index (χ1n) is 7.18. The number of hydrogen-bond donors (Lipinski definition) is 1. The van der Waals surface area contributed by atoms with Crippen molar-refractivity contribution in [2.24, 2.45) is 0 Å². The van der Waals surface area contributed by atoms with Gasteiger partial charge in [0.15, 0.2) is 0 Å². The van der Waals surface area contributed by atoms with E-state index in [-0.39, 0.29) is 0 Å². The third-order valence-electron chi connectivity index (χ3n) is 3.79. The van der Waals surface area contributed by atoms with E-state index in [4.69, 9.17) is 4.74 Å². The molecule has 0 heterocycles. The number of hydrogen-bond acceptors (Lipinski definition) is 2. The Hall–Kier alpha value is -1.02. The number of likely N-dealkylation sites (N-methyl/N-ethyl adjacent to an activating group) is 1. The Kier molecular flexibility index (Phi) is 4.65. The van der Waals surface area contributed by atoms with E-state index in [1.54, 1.807) is 0 Å². The van der Waals surface area contributed by atoms with E-state index in [0.717, 1.165) is 12.3 Å². The molecule has 0 bridgehead atoms. The van der Waals surface area contributed by atoms with Crippen LogP contribution in [0.4, 0.5) is 0 Å². The molecule has 18 heavy (non-hydrogen) atoms. The van der Waals surface area contributed by atoms with Crippen LogP contribution in [-0.4, -0.2) is 18.7 Å². The zero-order valence-electron chi connectivity index (χ0n) is 11.8. The van der Waals surface area contributed by atoms with Crippen LogP contribution in [0.5, 0.6) is 5.75 Å². The molecule has 0 spiro atoms. The fraction of sp³-hybridized carbons (Fsp3) is 0.625. The summed E-state index contributed by atoms with van der Waals surface area (Å²) in [7, 11) is 0. The Bertz CT molecular complexity index is 387. The highest BCUT2D eigenvalue weighted by Gasteiger charge is 2.26. The molecule has 0 radical (unpaired) electrons. The Morgan fingerprint density at radius 3 is 2.78 bits per heavy atom. The largest absolute Gasteiger partial charge is 0.489 e. The first-order valence-corrected chi connectivity index (χ1v) is 7.18. The fourth-order valence-corrected chi connectivity index (χ4v) is 2.73. The third-order valence-corrected chi connectivity index (χ3v) is 3.79. The minimum atomic E-state index is 0.333. The molecule has 1 fully saturated rings. The van der Waals surface area contributed by atoms with E-state index in [1.165, 1.54) is 36.8 Å². The first-order chi connectivity index (χ1) is 8.70. The van der Waals surface area contributed by atoms with Crippen molar-refractivity contribution in [3.8, 4) is 5.75 Å². The van der Waals surface area contributed by atoms with Gasteiger partial charge in [0.05, 0.1) is 0 Å². The molecular formula is C16H25NO. The summed E-state index contributed by atoms with van der Waals surface area (Å²) in [5.74, 6) is 1.06. The molecule has 100 valence electrons. The topological polar surface area (TPSA) is 21.3 Å². The third kappa shape index (κ3) is 3.26. The molecule has 1 aromatic carbocycles. The molecule has 2 atom stereocenters. The molecule has 2 heteroatoms. The lowest BCUT2D eigenvalue weighted by Gasteiger charge is -2.33. The molecule has 1 N–H and O–H groups in total. The molecule has 1 aliphatic carbocycles. The van der Waals surface area contributed by atoms with Gasteiger partial charge >= 0.3 is 0 Å². The molecule has 1 aliphatic rings. The lowest BCUT2D eigenvalue weighted by atomic mass is 9.92. The van der Waals surface area contributed by atoms with Crippen molar-refractivity contribution in [3.05, 3.63) is 29.3 Å². The monoisotopic (exact) mass is 247 g/mol. The molecule has 0 saturated heterocycles. The summed E-state index contributed by atoms with van der Waals surface area (Å²) in [6, 6.07) is 6.97. The van der Waals surface area contributed by atoms with Crippen LogP contribution in [0, 0.1) is 13.8 Å². The highest BCUT2D eigenvalue weighted by Crippen LogP contribution is 2.26. The van der Waals surface area contributed by atoms with Crippen molar-refractivity contribution in [1.29, 1.82) is 0 Å².